The second-order valence-corrected chi connectivity index (χ2v) is 14.9. The molecule has 4 aliphatic rings. The smallest absolute Gasteiger partial charge is 0.0701 e. The molecule has 0 aromatic heterocycles. The lowest BCUT2D eigenvalue weighted by Crippen LogP contribution is -2.31. The van der Waals surface area contributed by atoms with Gasteiger partial charge in [0, 0.05) is 91.6 Å². The molecule has 4 heterocycles. The van der Waals surface area contributed by atoms with E-state index in [1.165, 1.54) is 65.0 Å². The lowest BCUT2D eigenvalue weighted by molar-refractivity contribution is 0.0259. The molecule has 0 unspecified atom stereocenters. The van der Waals surface area contributed by atoms with Crippen LogP contribution in [0.25, 0.3) is 0 Å². The summed E-state index contributed by atoms with van der Waals surface area (Å²) >= 11 is 0. The molecule has 306 valence electrons. The number of ether oxygens (including phenoxy) is 6. The molecule has 4 rings (SSSR count). The Hall–Kier alpha value is -0.560. The Morgan fingerprint density at radius 1 is 0.269 bits per heavy atom. The Labute approximate surface area is 317 Å². The van der Waals surface area contributed by atoms with Gasteiger partial charge in [-0.05, 0) is 25.9 Å². The number of unbranched alkanes of at least 4 members (excludes halogenated alkanes) is 2. The Morgan fingerprint density at radius 3 is 0.654 bits per heavy atom. The average molecular weight is 743 g/mol. The number of rotatable bonds is 33. The van der Waals surface area contributed by atoms with Crippen molar-refractivity contribution < 1.29 is 28.4 Å². The predicted octanol–water partition coefficient (Wildman–Crippen LogP) is 0.987. The molecule has 4 fully saturated rings. The van der Waals surface area contributed by atoms with Gasteiger partial charge in [0.25, 0.3) is 0 Å². The first-order chi connectivity index (χ1) is 25.7. The Bertz CT molecular complexity index is 789. The quantitative estimate of drug-likeness (QED) is 0.0898. The van der Waals surface area contributed by atoms with Crippen LogP contribution in [-0.4, -0.2) is 250 Å². The summed E-state index contributed by atoms with van der Waals surface area (Å²) in [6.45, 7) is 34.9. The van der Waals surface area contributed by atoms with Crippen molar-refractivity contribution in [2.24, 2.45) is 0 Å². The Morgan fingerprint density at radius 2 is 0.462 bits per heavy atom. The molecule has 0 aromatic carbocycles. The lowest BCUT2D eigenvalue weighted by Gasteiger charge is -2.19. The third-order valence-corrected chi connectivity index (χ3v) is 10.6. The van der Waals surface area contributed by atoms with Crippen LogP contribution in [0.3, 0.4) is 0 Å². The zero-order valence-corrected chi connectivity index (χ0v) is 33.5. The summed E-state index contributed by atoms with van der Waals surface area (Å²) in [4.78, 5) is 19.9. The van der Waals surface area contributed by atoms with E-state index in [2.05, 4.69) is 53.0 Å². The van der Waals surface area contributed by atoms with Gasteiger partial charge < -0.3 is 28.4 Å². The summed E-state index contributed by atoms with van der Waals surface area (Å²) in [6.07, 6.45) is 5.15. The minimum Gasteiger partial charge on any atom is -0.378 e. The third-order valence-electron chi connectivity index (χ3n) is 10.6. The molecule has 0 aromatic rings. The maximum atomic E-state index is 5.87. The molecule has 0 atom stereocenters. The molecule has 0 saturated carbocycles. The molecule has 0 amide bonds. The second kappa shape index (κ2) is 28.8. The van der Waals surface area contributed by atoms with E-state index in [9.17, 15) is 0 Å². The molecule has 0 bridgehead atoms. The highest BCUT2D eigenvalue weighted by molar-refractivity contribution is 4.73. The third kappa shape index (κ3) is 19.9. The van der Waals surface area contributed by atoms with Gasteiger partial charge in [0.1, 0.15) is 0 Å². The van der Waals surface area contributed by atoms with Crippen LogP contribution < -0.4 is 0 Å². The SMILES string of the molecule is CCCCN1CCN(CCOCCOCCN2CCN(CCOCCOCCN3CCN(CCOCCOCCN4CCN(CCCC)C4)C3)C2)C1. The van der Waals surface area contributed by atoms with E-state index in [-0.39, 0.29) is 0 Å². The summed E-state index contributed by atoms with van der Waals surface area (Å²) < 4.78 is 35.0. The standard InChI is InChI=1S/C38H78N8O6/c1-3-5-7-39-9-11-41(35-39)17-23-47-29-31-49-25-19-43-13-15-45(37-43)21-27-51-33-34-52-28-22-46-16-14-44(38-46)20-26-50-32-30-48-24-18-42-12-10-40(36-42)8-6-4-2/h3-38H2,1-2H3. The molecule has 14 heteroatoms. The fourth-order valence-electron chi connectivity index (χ4n) is 7.18. The van der Waals surface area contributed by atoms with Crippen LogP contribution in [0.15, 0.2) is 0 Å². The highest BCUT2D eigenvalue weighted by Gasteiger charge is 2.21. The van der Waals surface area contributed by atoms with Crippen molar-refractivity contribution in [3.05, 3.63) is 0 Å². The molecular formula is C38H78N8O6. The van der Waals surface area contributed by atoms with E-state index < -0.39 is 0 Å². The molecule has 14 nitrogen and oxygen atoms in total. The van der Waals surface area contributed by atoms with Gasteiger partial charge >= 0.3 is 0 Å². The maximum Gasteiger partial charge on any atom is 0.0701 e. The number of nitrogens with zero attached hydrogens (tertiary/aromatic N) is 8. The minimum atomic E-state index is 0.659. The molecule has 4 aliphatic heterocycles. The van der Waals surface area contributed by atoms with E-state index >= 15 is 0 Å². The summed E-state index contributed by atoms with van der Waals surface area (Å²) in [7, 11) is 0. The molecule has 4 saturated heterocycles. The number of hydrogen-bond acceptors (Lipinski definition) is 14. The first-order valence-corrected chi connectivity index (χ1v) is 21.0. The van der Waals surface area contributed by atoms with Crippen LogP contribution in [0.1, 0.15) is 39.5 Å². The lowest BCUT2D eigenvalue weighted by atomic mass is 10.3. The monoisotopic (exact) mass is 743 g/mol. The first kappa shape index (κ1) is 44.2. The topological polar surface area (TPSA) is 81.3 Å². The molecule has 0 aliphatic carbocycles. The summed E-state index contributed by atoms with van der Waals surface area (Å²) in [6, 6.07) is 0. The zero-order chi connectivity index (χ0) is 36.3. The molecule has 0 radical (unpaired) electrons. The molecule has 0 spiro atoms. The highest BCUT2D eigenvalue weighted by atomic mass is 16.5. The second-order valence-electron chi connectivity index (χ2n) is 14.9. The Balaban J connectivity index is 0.831. The summed E-state index contributed by atoms with van der Waals surface area (Å²) in [5, 5.41) is 0. The van der Waals surface area contributed by atoms with Gasteiger partial charge in [-0.25, -0.2) is 0 Å². The average Bonchev–Trinajstić information content (AvgIpc) is 3.99. The largest absolute Gasteiger partial charge is 0.378 e. The van der Waals surface area contributed by atoms with Crippen molar-refractivity contribution >= 4 is 0 Å². The van der Waals surface area contributed by atoms with Gasteiger partial charge in [0.05, 0.1) is 106 Å². The van der Waals surface area contributed by atoms with Crippen molar-refractivity contribution in [1.82, 2.24) is 39.2 Å². The maximum absolute atomic E-state index is 5.87. The van der Waals surface area contributed by atoms with Gasteiger partial charge in [-0.2, -0.15) is 0 Å². The van der Waals surface area contributed by atoms with Gasteiger partial charge in [0.2, 0.25) is 0 Å². The Kier molecular flexibility index (Phi) is 24.4. The molecular weight excluding hydrogens is 664 g/mol. The summed E-state index contributed by atoms with van der Waals surface area (Å²) in [5.74, 6) is 0. The fraction of sp³-hybridized carbons (Fsp3) is 1.00. The predicted molar refractivity (Wildman–Crippen MR) is 207 cm³/mol. The van der Waals surface area contributed by atoms with Crippen LogP contribution in [-0.2, 0) is 28.4 Å². The van der Waals surface area contributed by atoms with E-state index in [1.54, 1.807) is 0 Å². The van der Waals surface area contributed by atoms with Crippen molar-refractivity contribution in [3.8, 4) is 0 Å². The van der Waals surface area contributed by atoms with Crippen LogP contribution in [0, 0.1) is 0 Å². The van der Waals surface area contributed by atoms with Gasteiger partial charge in [-0.15, -0.1) is 0 Å². The van der Waals surface area contributed by atoms with Crippen LogP contribution >= 0.6 is 0 Å². The first-order valence-electron chi connectivity index (χ1n) is 21.0. The van der Waals surface area contributed by atoms with Crippen molar-refractivity contribution in [2.45, 2.75) is 39.5 Å². The van der Waals surface area contributed by atoms with Crippen molar-refractivity contribution in [1.29, 1.82) is 0 Å². The van der Waals surface area contributed by atoms with E-state index in [0.29, 0.717) is 39.6 Å². The molecule has 0 N–H and O–H groups in total. The van der Waals surface area contributed by atoms with E-state index in [1.807, 2.05) is 0 Å². The van der Waals surface area contributed by atoms with E-state index in [0.717, 1.165) is 132 Å². The highest BCUT2D eigenvalue weighted by Crippen LogP contribution is 2.08. The fourth-order valence-corrected chi connectivity index (χ4v) is 7.18. The number of hydrogen-bond donors (Lipinski definition) is 0. The van der Waals surface area contributed by atoms with Crippen LogP contribution in [0.2, 0.25) is 0 Å². The van der Waals surface area contributed by atoms with Gasteiger partial charge in [-0.3, -0.25) is 39.2 Å². The normalized spacial score (nSPS) is 20.9. The summed E-state index contributed by atoms with van der Waals surface area (Å²) in [5.41, 5.74) is 0. The molecule has 52 heavy (non-hydrogen) atoms. The van der Waals surface area contributed by atoms with Crippen LogP contribution in [0.4, 0.5) is 0 Å². The minimum absolute atomic E-state index is 0.659. The zero-order valence-electron chi connectivity index (χ0n) is 33.5. The van der Waals surface area contributed by atoms with Gasteiger partial charge in [0.15, 0.2) is 0 Å². The van der Waals surface area contributed by atoms with Crippen molar-refractivity contribution in [2.75, 3.05) is 211 Å². The van der Waals surface area contributed by atoms with Crippen LogP contribution in [0.5, 0.6) is 0 Å². The van der Waals surface area contributed by atoms with Gasteiger partial charge in [-0.1, -0.05) is 26.7 Å². The van der Waals surface area contributed by atoms with Crippen molar-refractivity contribution in [3.63, 3.8) is 0 Å². The van der Waals surface area contributed by atoms with E-state index in [4.69, 9.17) is 28.4 Å².